The van der Waals surface area contributed by atoms with Crippen LogP contribution >= 0.6 is 11.3 Å². The summed E-state index contributed by atoms with van der Waals surface area (Å²) in [4.78, 5) is 29.7. The zero-order valence-electron chi connectivity index (χ0n) is 17.3. The Morgan fingerprint density at radius 3 is 2.52 bits per heavy atom. The first-order valence-corrected chi connectivity index (χ1v) is 10.7. The number of ether oxygens (including phenoxy) is 1. The Kier molecular flexibility index (Phi) is 6.09. The summed E-state index contributed by atoms with van der Waals surface area (Å²) in [6.45, 7) is 1.94. The maximum atomic E-state index is 12.5. The second kappa shape index (κ2) is 9.10. The first kappa shape index (κ1) is 20.8. The van der Waals surface area contributed by atoms with Gasteiger partial charge >= 0.3 is 5.97 Å². The van der Waals surface area contributed by atoms with Gasteiger partial charge in [-0.25, -0.2) is 9.78 Å². The first-order valence-electron chi connectivity index (χ1n) is 9.93. The van der Waals surface area contributed by atoms with Gasteiger partial charge in [-0.05, 0) is 47.5 Å². The van der Waals surface area contributed by atoms with Crippen molar-refractivity contribution in [3.63, 3.8) is 0 Å². The van der Waals surface area contributed by atoms with Crippen LogP contribution in [-0.2, 0) is 22.4 Å². The summed E-state index contributed by atoms with van der Waals surface area (Å²) in [7, 11) is 1.34. The van der Waals surface area contributed by atoms with E-state index in [2.05, 4.69) is 40.4 Å². The van der Waals surface area contributed by atoms with Gasteiger partial charge in [0.2, 0.25) is 5.91 Å². The van der Waals surface area contributed by atoms with E-state index in [0.29, 0.717) is 11.3 Å². The predicted molar refractivity (Wildman–Crippen MR) is 124 cm³/mol. The number of amides is 1. The number of thiazole rings is 1. The zero-order chi connectivity index (χ0) is 21.8. The van der Waals surface area contributed by atoms with E-state index in [4.69, 9.17) is 4.98 Å². The summed E-state index contributed by atoms with van der Waals surface area (Å²) in [5.74, 6) is -0.522. The molecule has 0 bridgehead atoms. The van der Waals surface area contributed by atoms with Crippen molar-refractivity contribution in [2.75, 3.05) is 12.4 Å². The fourth-order valence-corrected chi connectivity index (χ4v) is 4.59. The van der Waals surface area contributed by atoms with E-state index in [1.165, 1.54) is 23.4 Å². The van der Waals surface area contributed by atoms with Crippen LogP contribution in [0.4, 0.5) is 5.69 Å². The summed E-state index contributed by atoms with van der Waals surface area (Å²) in [6, 6.07) is 21.3. The molecule has 1 N–H and O–H groups in total. The summed E-state index contributed by atoms with van der Waals surface area (Å²) in [5.41, 5.74) is 3.19. The molecule has 0 unspecified atom stereocenters. The molecular weight excluding hydrogens is 408 g/mol. The molecule has 0 aliphatic rings. The lowest BCUT2D eigenvalue weighted by atomic mass is 10.0. The summed E-state index contributed by atoms with van der Waals surface area (Å²) in [6.07, 6.45) is 1.00. The molecule has 4 aromatic rings. The van der Waals surface area contributed by atoms with Crippen molar-refractivity contribution in [2.24, 2.45) is 0 Å². The lowest BCUT2D eigenvalue weighted by molar-refractivity contribution is -0.115. The van der Waals surface area contributed by atoms with Crippen molar-refractivity contribution < 1.29 is 14.3 Å². The van der Waals surface area contributed by atoms with Crippen LogP contribution in [0.5, 0.6) is 0 Å². The van der Waals surface area contributed by atoms with Gasteiger partial charge in [0.15, 0.2) is 0 Å². The molecule has 0 aliphatic carbocycles. The largest absolute Gasteiger partial charge is 0.465 e. The minimum Gasteiger partial charge on any atom is -0.465 e. The number of aromatic nitrogens is 1. The van der Waals surface area contributed by atoms with Gasteiger partial charge < -0.3 is 10.1 Å². The molecule has 0 saturated heterocycles. The minimum atomic E-state index is -0.406. The molecule has 0 saturated carbocycles. The Morgan fingerprint density at radius 1 is 1.00 bits per heavy atom. The van der Waals surface area contributed by atoms with Crippen LogP contribution in [0.15, 0.2) is 66.7 Å². The van der Waals surface area contributed by atoms with Crippen LogP contribution in [0.25, 0.3) is 10.8 Å². The van der Waals surface area contributed by atoms with Gasteiger partial charge in [0.25, 0.3) is 0 Å². The molecular formula is C25H22N2O3S. The highest BCUT2D eigenvalue weighted by molar-refractivity contribution is 7.11. The monoisotopic (exact) mass is 430 g/mol. The van der Waals surface area contributed by atoms with Crippen molar-refractivity contribution in [1.29, 1.82) is 0 Å². The molecule has 0 radical (unpaired) electrons. The maximum Gasteiger partial charge on any atom is 0.337 e. The standard InChI is InChI=1S/C25H22N2O3S/c1-16-22(15-23(28)27-20-12-10-18(11-13-20)25(29)30-2)31-24(26-16)14-19-8-5-7-17-6-3-4-9-21(17)19/h3-13H,14-15H2,1-2H3,(H,27,28). The van der Waals surface area contributed by atoms with Crippen molar-refractivity contribution in [1.82, 2.24) is 4.98 Å². The number of benzene rings is 3. The van der Waals surface area contributed by atoms with Crippen molar-refractivity contribution in [3.05, 3.63) is 93.4 Å². The summed E-state index contributed by atoms with van der Waals surface area (Å²) < 4.78 is 4.69. The molecule has 1 amide bonds. The highest BCUT2D eigenvalue weighted by atomic mass is 32.1. The number of nitrogens with one attached hydrogen (secondary N) is 1. The average Bonchev–Trinajstić information content (AvgIpc) is 3.12. The van der Waals surface area contributed by atoms with E-state index in [1.807, 2.05) is 19.1 Å². The van der Waals surface area contributed by atoms with E-state index in [9.17, 15) is 9.59 Å². The summed E-state index contributed by atoms with van der Waals surface area (Å²) in [5, 5.41) is 6.32. The average molecular weight is 431 g/mol. The predicted octanol–water partition coefficient (Wildman–Crippen LogP) is 5.16. The fourth-order valence-electron chi connectivity index (χ4n) is 3.50. The Bertz CT molecular complexity index is 1240. The number of hydrogen-bond acceptors (Lipinski definition) is 5. The summed E-state index contributed by atoms with van der Waals surface area (Å²) >= 11 is 1.58. The molecule has 156 valence electrons. The smallest absolute Gasteiger partial charge is 0.337 e. The van der Waals surface area contributed by atoms with Gasteiger partial charge in [-0.2, -0.15) is 0 Å². The molecule has 4 rings (SSSR count). The van der Waals surface area contributed by atoms with Gasteiger partial charge in [0, 0.05) is 17.0 Å². The van der Waals surface area contributed by atoms with Crippen molar-refractivity contribution in [2.45, 2.75) is 19.8 Å². The number of hydrogen-bond donors (Lipinski definition) is 1. The molecule has 6 heteroatoms. The van der Waals surface area contributed by atoms with E-state index in [1.54, 1.807) is 35.6 Å². The van der Waals surface area contributed by atoms with Crippen molar-refractivity contribution in [3.8, 4) is 0 Å². The Hall–Kier alpha value is -3.51. The Balaban J connectivity index is 1.44. The SMILES string of the molecule is COC(=O)c1ccc(NC(=O)Cc2sc(Cc3cccc4ccccc34)nc2C)cc1. The molecule has 0 aliphatic heterocycles. The number of esters is 1. The third kappa shape index (κ3) is 4.81. The van der Waals surface area contributed by atoms with Gasteiger partial charge in [0.1, 0.15) is 0 Å². The van der Waals surface area contributed by atoms with Gasteiger partial charge in [-0.1, -0.05) is 42.5 Å². The lowest BCUT2D eigenvalue weighted by Crippen LogP contribution is -2.14. The minimum absolute atomic E-state index is 0.116. The highest BCUT2D eigenvalue weighted by Gasteiger charge is 2.14. The van der Waals surface area contributed by atoms with Crippen LogP contribution in [0.2, 0.25) is 0 Å². The number of anilines is 1. The molecule has 0 atom stereocenters. The van der Waals surface area contributed by atoms with Crippen LogP contribution in [-0.4, -0.2) is 24.0 Å². The molecule has 5 nitrogen and oxygen atoms in total. The van der Waals surface area contributed by atoms with Gasteiger partial charge in [-0.15, -0.1) is 11.3 Å². The number of nitrogens with zero attached hydrogens (tertiary/aromatic N) is 1. The molecule has 1 heterocycles. The number of methoxy groups -OCH3 is 1. The van der Waals surface area contributed by atoms with E-state index < -0.39 is 5.97 Å². The molecule has 0 fully saturated rings. The van der Waals surface area contributed by atoms with Crippen LogP contribution in [0.1, 0.15) is 31.5 Å². The second-order valence-electron chi connectivity index (χ2n) is 7.23. The van der Waals surface area contributed by atoms with E-state index >= 15 is 0 Å². The molecule has 31 heavy (non-hydrogen) atoms. The zero-order valence-corrected chi connectivity index (χ0v) is 18.2. The van der Waals surface area contributed by atoms with Gasteiger partial charge in [-0.3, -0.25) is 4.79 Å². The van der Waals surface area contributed by atoms with E-state index in [-0.39, 0.29) is 12.3 Å². The number of aryl methyl sites for hydroxylation is 1. The number of carbonyl (C=O) groups is 2. The van der Waals surface area contributed by atoms with Crippen LogP contribution in [0, 0.1) is 6.92 Å². The number of carbonyl (C=O) groups excluding carboxylic acids is 2. The molecule has 0 spiro atoms. The van der Waals surface area contributed by atoms with Crippen LogP contribution in [0.3, 0.4) is 0 Å². The third-order valence-electron chi connectivity index (χ3n) is 5.07. The van der Waals surface area contributed by atoms with Gasteiger partial charge in [0.05, 0.1) is 29.8 Å². The second-order valence-corrected chi connectivity index (χ2v) is 8.39. The number of fused-ring (bicyclic) bond motifs is 1. The molecule has 1 aromatic heterocycles. The third-order valence-corrected chi connectivity index (χ3v) is 6.23. The Labute approximate surface area is 184 Å². The highest BCUT2D eigenvalue weighted by Crippen LogP contribution is 2.25. The topological polar surface area (TPSA) is 68.3 Å². The van der Waals surface area contributed by atoms with E-state index in [0.717, 1.165) is 22.0 Å². The Morgan fingerprint density at radius 2 is 1.74 bits per heavy atom. The maximum absolute atomic E-state index is 12.5. The number of rotatable bonds is 6. The quantitative estimate of drug-likeness (QED) is 0.429. The van der Waals surface area contributed by atoms with Crippen molar-refractivity contribution >= 4 is 39.7 Å². The van der Waals surface area contributed by atoms with Crippen LogP contribution < -0.4 is 5.32 Å². The fraction of sp³-hybridized carbons (Fsp3) is 0.160. The normalized spacial score (nSPS) is 10.8. The first-order chi connectivity index (χ1) is 15.0. The molecule has 3 aromatic carbocycles. The lowest BCUT2D eigenvalue weighted by Gasteiger charge is -2.06.